The first-order chi connectivity index (χ1) is 9.92. The fourth-order valence-electron chi connectivity index (χ4n) is 1.83. The number of hydrogen-bond acceptors (Lipinski definition) is 4. The van der Waals surface area contributed by atoms with Gasteiger partial charge in [-0.05, 0) is 42.9 Å². The Morgan fingerprint density at radius 1 is 1.19 bits per heavy atom. The van der Waals surface area contributed by atoms with Gasteiger partial charge >= 0.3 is 0 Å². The quantitative estimate of drug-likeness (QED) is 0.737. The molecule has 0 saturated heterocycles. The lowest BCUT2D eigenvalue weighted by atomic mass is 10.2. The molecule has 0 aliphatic carbocycles. The van der Waals surface area contributed by atoms with Crippen molar-refractivity contribution in [2.75, 3.05) is 18.1 Å². The summed E-state index contributed by atoms with van der Waals surface area (Å²) < 4.78 is 25.6. The molecule has 7 heteroatoms. The summed E-state index contributed by atoms with van der Waals surface area (Å²) in [5.74, 6) is 0. The molecule has 0 saturated carbocycles. The van der Waals surface area contributed by atoms with Crippen molar-refractivity contribution in [3.8, 4) is 0 Å². The van der Waals surface area contributed by atoms with Crippen molar-refractivity contribution in [3.63, 3.8) is 0 Å². The molecule has 0 fully saturated rings. The Labute approximate surface area is 129 Å². The first kappa shape index (κ1) is 15.6. The number of benzene rings is 2. The Hall–Kier alpha value is -1.76. The van der Waals surface area contributed by atoms with Crippen LogP contribution in [0.5, 0.6) is 0 Å². The molecule has 0 atom stereocenters. The van der Waals surface area contributed by atoms with Gasteiger partial charge in [0.1, 0.15) is 0 Å². The molecule has 0 aliphatic heterocycles. The lowest BCUT2D eigenvalue weighted by Gasteiger charge is -2.11. The van der Waals surface area contributed by atoms with E-state index >= 15 is 0 Å². The van der Waals surface area contributed by atoms with Crippen LogP contribution in [0.3, 0.4) is 0 Å². The molecule has 0 bridgehead atoms. The average molecular weight is 326 g/mol. The summed E-state index contributed by atoms with van der Waals surface area (Å²) >= 11 is 5.92. The van der Waals surface area contributed by atoms with Gasteiger partial charge in [-0.2, -0.15) is 0 Å². The van der Waals surface area contributed by atoms with E-state index in [0.717, 1.165) is 5.56 Å². The number of hydrogen-bond donors (Lipinski definition) is 3. The van der Waals surface area contributed by atoms with Gasteiger partial charge in [-0.1, -0.05) is 23.7 Å². The second kappa shape index (κ2) is 6.34. The number of nitrogen functional groups attached to an aromatic ring is 1. The molecule has 0 aliphatic rings. The highest BCUT2D eigenvalue weighted by atomic mass is 35.5. The Morgan fingerprint density at radius 3 is 2.57 bits per heavy atom. The largest absolute Gasteiger partial charge is 0.397 e. The zero-order valence-electron chi connectivity index (χ0n) is 11.4. The van der Waals surface area contributed by atoms with Crippen molar-refractivity contribution in [2.45, 2.75) is 11.4 Å². The van der Waals surface area contributed by atoms with Crippen LogP contribution in [0.2, 0.25) is 5.02 Å². The molecule has 4 N–H and O–H groups in total. The topological polar surface area (TPSA) is 84.2 Å². The third-order valence-electron chi connectivity index (χ3n) is 2.97. The van der Waals surface area contributed by atoms with Crippen molar-refractivity contribution < 1.29 is 8.42 Å². The van der Waals surface area contributed by atoms with Crippen molar-refractivity contribution in [2.24, 2.45) is 0 Å². The molecule has 0 radical (unpaired) electrons. The minimum Gasteiger partial charge on any atom is -0.397 e. The second-order valence-corrected chi connectivity index (χ2v) is 6.76. The third kappa shape index (κ3) is 3.87. The summed E-state index contributed by atoms with van der Waals surface area (Å²) in [5.41, 5.74) is 7.93. The Morgan fingerprint density at radius 2 is 1.95 bits per heavy atom. The number of anilines is 2. The van der Waals surface area contributed by atoms with E-state index in [1.54, 1.807) is 12.1 Å². The SMILES string of the molecule is CNS(=O)(=O)c1ccc(NCc2cccc(Cl)c2)c(N)c1. The molecule has 21 heavy (non-hydrogen) atoms. The van der Waals surface area contributed by atoms with Gasteiger partial charge in [0.05, 0.1) is 16.3 Å². The molecule has 0 spiro atoms. The number of nitrogens with two attached hydrogens (primary N) is 1. The van der Waals surface area contributed by atoms with Crippen LogP contribution in [0.15, 0.2) is 47.4 Å². The number of nitrogens with one attached hydrogen (secondary N) is 2. The van der Waals surface area contributed by atoms with Crippen LogP contribution in [0, 0.1) is 0 Å². The molecule has 112 valence electrons. The molecular weight excluding hydrogens is 310 g/mol. The van der Waals surface area contributed by atoms with Crippen molar-refractivity contribution >= 4 is 33.0 Å². The van der Waals surface area contributed by atoms with Crippen LogP contribution in [-0.2, 0) is 16.6 Å². The molecular formula is C14H16ClN3O2S. The first-order valence-electron chi connectivity index (χ1n) is 6.24. The minimum absolute atomic E-state index is 0.135. The minimum atomic E-state index is -3.49. The highest BCUT2D eigenvalue weighted by Gasteiger charge is 2.12. The van der Waals surface area contributed by atoms with Gasteiger partial charge in [0.2, 0.25) is 10.0 Å². The van der Waals surface area contributed by atoms with E-state index in [-0.39, 0.29) is 4.90 Å². The van der Waals surface area contributed by atoms with E-state index in [2.05, 4.69) is 10.0 Å². The van der Waals surface area contributed by atoms with E-state index in [1.165, 1.54) is 19.2 Å². The highest BCUT2D eigenvalue weighted by Crippen LogP contribution is 2.23. The summed E-state index contributed by atoms with van der Waals surface area (Å²) in [5, 5.41) is 3.82. The van der Waals surface area contributed by atoms with Crippen LogP contribution >= 0.6 is 11.6 Å². The predicted molar refractivity (Wildman–Crippen MR) is 85.9 cm³/mol. The Balaban J connectivity index is 2.15. The number of sulfonamides is 1. The smallest absolute Gasteiger partial charge is 0.240 e. The maximum atomic E-state index is 11.7. The van der Waals surface area contributed by atoms with Crippen LogP contribution in [0.1, 0.15) is 5.56 Å². The standard InChI is InChI=1S/C14H16ClN3O2S/c1-17-21(19,20)12-5-6-14(13(16)8-12)18-9-10-3-2-4-11(15)7-10/h2-8,17-18H,9,16H2,1H3. The van der Waals surface area contributed by atoms with Gasteiger partial charge in [-0.25, -0.2) is 13.1 Å². The Bertz CT molecular complexity index is 748. The van der Waals surface area contributed by atoms with Gasteiger partial charge in [0.25, 0.3) is 0 Å². The third-order valence-corrected chi connectivity index (χ3v) is 4.62. The summed E-state index contributed by atoms with van der Waals surface area (Å²) in [6.07, 6.45) is 0. The predicted octanol–water partition coefficient (Wildman–Crippen LogP) is 2.44. The van der Waals surface area contributed by atoms with E-state index in [4.69, 9.17) is 17.3 Å². The zero-order chi connectivity index (χ0) is 15.5. The fourth-order valence-corrected chi connectivity index (χ4v) is 2.81. The molecule has 5 nitrogen and oxygen atoms in total. The average Bonchev–Trinajstić information content (AvgIpc) is 2.46. The van der Waals surface area contributed by atoms with Crippen LogP contribution < -0.4 is 15.8 Å². The van der Waals surface area contributed by atoms with Gasteiger partial charge in [-0.3, -0.25) is 0 Å². The number of rotatable bonds is 5. The van der Waals surface area contributed by atoms with Gasteiger partial charge in [0.15, 0.2) is 0 Å². The van der Waals surface area contributed by atoms with Crippen molar-refractivity contribution in [1.82, 2.24) is 4.72 Å². The van der Waals surface area contributed by atoms with E-state index in [1.807, 2.05) is 18.2 Å². The van der Waals surface area contributed by atoms with Crippen molar-refractivity contribution in [1.29, 1.82) is 0 Å². The Kier molecular flexibility index (Phi) is 4.72. The zero-order valence-corrected chi connectivity index (χ0v) is 13.0. The number of halogens is 1. The fraction of sp³-hybridized carbons (Fsp3) is 0.143. The molecule has 2 aromatic rings. The maximum Gasteiger partial charge on any atom is 0.240 e. The lowest BCUT2D eigenvalue weighted by molar-refractivity contribution is 0.588. The monoisotopic (exact) mass is 325 g/mol. The normalized spacial score (nSPS) is 11.3. The van der Waals surface area contributed by atoms with Crippen LogP contribution in [-0.4, -0.2) is 15.5 Å². The van der Waals surface area contributed by atoms with E-state index in [9.17, 15) is 8.42 Å². The summed E-state index contributed by atoms with van der Waals surface area (Å²) in [4.78, 5) is 0.135. The van der Waals surface area contributed by atoms with Crippen LogP contribution in [0.4, 0.5) is 11.4 Å². The summed E-state index contributed by atoms with van der Waals surface area (Å²) in [6.45, 7) is 0.545. The van der Waals surface area contributed by atoms with E-state index < -0.39 is 10.0 Å². The molecule has 0 unspecified atom stereocenters. The van der Waals surface area contributed by atoms with Gasteiger partial charge in [0, 0.05) is 11.6 Å². The summed E-state index contributed by atoms with van der Waals surface area (Å²) in [7, 11) is -2.13. The van der Waals surface area contributed by atoms with Crippen LogP contribution in [0.25, 0.3) is 0 Å². The van der Waals surface area contributed by atoms with E-state index in [0.29, 0.717) is 22.9 Å². The summed E-state index contributed by atoms with van der Waals surface area (Å²) in [6, 6.07) is 12.0. The van der Waals surface area contributed by atoms with Gasteiger partial charge in [-0.15, -0.1) is 0 Å². The second-order valence-electron chi connectivity index (χ2n) is 4.44. The molecule has 0 aromatic heterocycles. The first-order valence-corrected chi connectivity index (χ1v) is 8.10. The lowest BCUT2D eigenvalue weighted by Crippen LogP contribution is -2.18. The molecule has 0 heterocycles. The molecule has 2 aromatic carbocycles. The highest BCUT2D eigenvalue weighted by molar-refractivity contribution is 7.89. The van der Waals surface area contributed by atoms with Crippen molar-refractivity contribution in [3.05, 3.63) is 53.1 Å². The maximum absolute atomic E-state index is 11.7. The molecule has 2 rings (SSSR count). The van der Waals surface area contributed by atoms with Gasteiger partial charge < -0.3 is 11.1 Å². The molecule has 0 amide bonds.